The van der Waals surface area contributed by atoms with Gasteiger partial charge in [0.25, 0.3) is 0 Å². The number of hydrogen-bond donors (Lipinski definition) is 1. The van der Waals surface area contributed by atoms with E-state index in [1.54, 1.807) is 19.1 Å². The SMILES string of the molecule is COc1cc2c(c(OC)c1)C(C)C=C1N(C2)C(=O)NC12CCN(C(=O)OC(C)(C)C)CC2. The number of nitrogens with zero attached hydrogens (tertiary/aromatic N) is 2. The standard InChI is InChI=1S/C24H33N3O5/c1-15-11-19-24(7-9-26(10-8-24)22(29)32-23(2,3)4)25-21(28)27(19)14-16-12-17(30-5)13-18(31-6)20(15)16/h11-13,15H,7-10,14H2,1-6H3,(H,25,28). The summed E-state index contributed by atoms with van der Waals surface area (Å²) >= 11 is 0. The molecule has 2 saturated heterocycles. The zero-order valence-corrected chi connectivity index (χ0v) is 19.8. The minimum absolute atomic E-state index is 0.0549. The van der Waals surface area contributed by atoms with Crippen LogP contribution in [-0.2, 0) is 11.3 Å². The molecule has 0 bridgehead atoms. The van der Waals surface area contributed by atoms with Crippen molar-refractivity contribution in [2.45, 2.75) is 64.1 Å². The van der Waals surface area contributed by atoms with Crippen molar-refractivity contribution in [1.29, 1.82) is 0 Å². The Bertz CT molecular complexity index is 957. The predicted molar refractivity (Wildman–Crippen MR) is 120 cm³/mol. The number of carbonyl (C=O) groups excluding carboxylic acids is 2. The quantitative estimate of drug-likeness (QED) is 0.747. The third-order valence-corrected chi connectivity index (χ3v) is 6.49. The van der Waals surface area contributed by atoms with Crippen LogP contribution in [-0.4, -0.2) is 60.4 Å². The molecular weight excluding hydrogens is 410 g/mol. The first-order valence-electron chi connectivity index (χ1n) is 11.1. The van der Waals surface area contributed by atoms with E-state index in [1.165, 1.54) is 0 Å². The first-order chi connectivity index (χ1) is 15.1. The summed E-state index contributed by atoms with van der Waals surface area (Å²) in [5, 5.41) is 3.23. The number of ether oxygens (including phenoxy) is 3. The van der Waals surface area contributed by atoms with Gasteiger partial charge in [0.05, 0.1) is 26.3 Å². The molecule has 0 radical (unpaired) electrons. The summed E-state index contributed by atoms with van der Waals surface area (Å²) in [4.78, 5) is 29.1. The molecule has 1 aromatic rings. The molecular formula is C24H33N3O5. The number of amides is 3. The highest BCUT2D eigenvalue weighted by atomic mass is 16.6. The summed E-state index contributed by atoms with van der Waals surface area (Å²) < 4.78 is 16.6. The third kappa shape index (κ3) is 3.87. The second-order valence-corrected chi connectivity index (χ2v) is 9.81. The lowest BCUT2D eigenvalue weighted by molar-refractivity contribution is 0.0174. The van der Waals surface area contributed by atoms with Crippen LogP contribution >= 0.6 is 0 Å². The Labute approximate surface area is 189 Å². The van der Waals surface area contributed by atoms with Crippen molar-refractivity contribution in [1.82, 2.24) is 15.1 Å². The van der Waals surface area contributed by atoms with Crippen molar-refractivity contribution in [2.24, 2.45) is 0 Å². The zero-order valence-electron chi connectivity index (χ0n) is 19.8. The number of nitrogens with one attached hydrogen (secondary N) is 1. The molecule has 8 nitrogen and oxygen atoms in total. The lowest BCUT2D eigenvalue weighted by Gasteiger charge is -2.40. The molecule has 3 heterocycles. The number of benzene rings is 1. The second-order valence-electron chi connectivity index (χ2n) is 9.81. The molecule has 1 unspecified atom stereocenters. The molecule has 0 saturated carbocycles. The number of fused-ring (bicyclic) bond motifs is 3. The van der Waals surface area contributed by atoms with Crippen LogP contribution in [0.5, 0.6) is 11.5 Å². The van der Waals surface area contributed by atoms with Gasteiger partial charge in [0.2, 0.25) is 0 Å². The summed E-state index contributed by atoms with van der Waals surface area (Å²) in [6.45, 7) is 9.22. The highest BCUT2D eigenvalue weighted by Crippen LogP contribution is 2.45. The molecule has 3 aliphatic rings. The number of piperidine rings is 1. The Morgan fingerprint density at radius 2 is 1.84 bits per heavy atom. The molecule has 3 aliphatic heterocycles. The first-order valence-corrected chi connectivity index (χ1v) is 11.1. The van der Waals surface area contributed by atoms with Gasteiger partial charge in [0, 0.05) is 36.3 Å². The molecule has 4 rings (SSSR count). The fourth-order valence-corrected chi connectivity index (χ4v) is 4.97. The molecule has 8 heteroatoms. The topological polar surface area (TPSA) is 80.3 Å². The van der Waals surface area contributed by atoms with Crippen LogP contribution in [0.2, 0.25) is 0 Å². The van der Waals surface area contributed by atoms with E-state index < -0.39 is 11.1 Å². The molecule has 1 atom stereocenters. The largest absolute Gasteiger partial charge is 0.497 e. The van der Waals surface area contributed by atoms with Crippen LogP contribution in [0.25, 0.3) is 0 Å². The zero-order chi connectivity index (χ0) is 23.3. The number of rotatable bonds is 2. The van der Waals surface area contributed by atoms with Crippen LogP contribution in [0.3, 0.4) is 0 Å². The highest BCUT2D eigenvalue weighted by molar-refractivity contribution is 5.83. The van der Waals surface area contributed by atoms with Gasteiger partial charge in [0.15, 0.2) is 0 Å². The lowest BCUT2D eigenvalue weighted by atomic mass is 9.83. The first kappa shape index (κ1) is 22.3. The van der Waals surface area contributed by atoms with E-state index in [0.29, 0.717) is 38.2 Å². The van der Waals surface area contributed by atoms with E-state index in [9.17, 15) is 9.59 Å². The summed E-state index contributed by atoms with van der Waals surface area (Å²) in [7, 11) is 3.28. The lowest BCUT2D eigenvalue weighted by Crippen LogP contribution is -2.53. The Balaban J connectivity index is 1.62. The Morgan fingerprint density at radius 1 is 1.16 bits per heavy atom. The van der Waals surface area contributed by atoms with E-state index in [1.807, 2.05) is 37.8 Å². The van der Waals surface area contributed by atoms with E-state index in [0.717, 1.165) is 22.6 Å². The molecule has 32 heavy (non-hydrogen) atoms. The van der Waals surface area contributed by atoms with Crippen molar-refractivity contribution < 1.29 is 23.8 Å². The van der Waals surface area contributed by atoms with Gasteiger partial charge in [-0.15, -0.1) is 0 Å². The summed E-state index contributed by atoms with van der Waals surface area (Å²) in [6.07, 6.45) is 3.15. The summed E-state index contributed by atoms with van der Waals surface area (Å²) in [5.41, 5.74) is 2.05. The average Bonchev–Trinajstić information content (AvgIpc) is 2.87. The highest BCUT2D eigenvalue weighted by Gasteiger charge is 2.50. The number of carbonyl (C=O) groups is 2. The molecule has 3 amide bonds. The van der Waals surface area contributed by atoms with Crippen LogP contribution in [0.15, 0.2) is 23.9 Å². The Morgan fingerprint density at radius 3 is 2.44 bits per heavy atom. The maximum atomic E-state index is 13.1. The van der Waals surface area contributed by atoms with E-state index in [4.69, 9.17) is 14.2 Å². The molecule has 0 aromatic heterocycles. The minimum Gasteiger partial charge on any atom is -0.497 e. The van der Waals surface area contributed by atoms with Gasteiger partial charge in [-0.1, -0.05) is 13.0 Å². The number of hydrogen-bond acceptors (Lipinski definition) is 5. The minimum atomic E-state index is -0.532. The molecule has 1 aromatic carbocycles. The van der Waals surface area contributed by atoms with Gasteiger partial charge < -0.3 is 24.4 Å². The van der Waals surface area contributed by atoms with Crippen molar-refractivity contribution in [2.75, 3.05) is 27.3 Å². The number of allylic oxidation sites excluding steroid dienone is 1. The van der Waals surface area contributed by atoms with Gasteiger partial charge >= 0.3 is 12.1 Å². The van der Waals surface area contributed by atoms with Gasteiger partial charge in [-0.3, -0.25) is 4.90 Å². The predicted octanol–water partition coefficient (Wildman–Crippen LogP) is 4.00. The summed E-state index contributed by atoms with van der Waals surface area (Å²) in [5.74, 6) is 1.52. The normalized spacial score (nSPS) is 21.9. The maximum Gasteiger partial charge on any atom is 0.410 e. The molecule has 174 valence electrons. The van der Waals surface area contributed by atoms with Gasteiger partial charge in [0.1, 0.15) is 17.1 Å². The smallest absolute Gasteiger partial charge is 0.410 e. The number of likely N-dealkylation sites (tertiary alicyclic amines) is 1. The van der Waals surface area contributed by atoms with Crippen LogP contribution < -0.4 is 14.8 Å². The molecule has 2 fully saturated rings. The average molecular weight is 444 g/mol. The van der Waals surface area contributed by atoms with Crippen molar-refractivity contribution in [3.05, 3.63) is 35.0 Å². The van der Waals surface area contributed by atoms with Crippen LogP contribution in [0, 0.1) is 0 Å². The fraction of sp³-hybridized carbons (Fsp3) is 0.583. The third-order valence-electron chi connectivity index (χ3n) is 6.49. The molecule has 1 spiro atoms. The summed E-state index contributed by atoms with van der Waals surface area (Å²) in [6, 6.07) is 3.76. The van der Waals surface area contributed by atoms with Gasteiger partial charge in [-0.2, -0.15) is 0 Å². The second kappa shape index (κ2) is 7.90. The maximum absolute atomic E-state index is 13.1. The van der Waals surface area contributed by atoms with Crippen LogP contribution in [0.1, 0.15) is 57.6 Å². The molecule has 1 N–H and O–H groups in total. The van der Waals surface area contributed by atoms with Crippen molar-refractivity contribution in [3.63, 3.8) is 0 Å². The van der Waals surface area contributed by atoms with Crippen molar-refractivity contribution >= 4 is 12.1 Å². The van der Waals surface area contributed by atoms with Gasteiger partial charge in [-0.05, 0) is 45.2 Å². The number of methoxy groups -OCH3 is 2. The van der Waals surface area contributed by atoms with Crippen molar-refractivity contribution in [3.8, 4) is 11.5 Å². The monoisotopic (exact) mass is 443 g/mol. The van der Waals surface area contributed by atoms with E-state index in [-0.39, 0.29) is 18.0 Å². The van der Waals surface area contributed by atoms with Crippen LogP contribution in [0.4, 0.5) is 9.59 Å². The fourth-order valence-electron chi connectivity index (χ4n) is 4.97. The number of urea groups is 1. The molecule has 0 aliphatic carbocycles. The van der Waals surface area contributed by atoms with E-state index >= 15 is 0 Å². The van der Waals surface area contributed by atoms with E-state index in [2.05, 4.69) is 18.3 Å². The van der Waals surface area contributed by atoms with Gasteiger partial charge in [-0.25, -0.2) is 9.59 Å². The Kier molecular flexibility index (Phi) is 5.51. The Hall–Kier alpha value is -2.90.